The highest BCUT2D eigenvalue weighted by molar-refractivity contribution is 7.09. The van der Waals surface area contributed by atoms with Crippen molar-refractivity contribution >= 4 is 28.6 Å². The molecule has 0 fully saturated rings. The molecule has 1 aromatic carbocycles. The Balaban J connectivity index is 2.00. The van der Waals surface area contributed by atoms with Gasteiger partial charge in [-0.15, -0.1) is 11.3 Å². The predicted molar refractivity (Wildman–Crippen MR) is 78.4 cm³/mol. The first-order chi connectivity index (χ1) is 9.08. The highest BCUT2D eigenvalue weighted by atomic mass is 32.1. The lowest BCUT2D eigenvalue weighted by Crippen LogP contribution is -2.15. The number of nitrogens with two attached hydrogens (primary N) is 2. The second-order valence-corrected chi connectivity index (χ2v) is 5.23. The van der Waals surface area contributed by atoms with Crippen LogP contribution in [-0.2, 0) is 6.42 Å². The summed E-state index contributed by atoms with van der Waals surface area (Å²) in [6.07, 6.45) is 0.810. The molecule has 0 radical (unpaired) electrons. The van der Waals surface area contributed by atoms with E-state index in [2.05, 4.69) is 10.3 Å². The molecule has 0 spiro atoms. The lowest BCUT2D eigenvalue weighted by molar-refractivity contribution is 0.100. The van der Waals surface area contributed by atoms with E-state index < -0.39 is 5.91 Å². The molecule has 0 unspecified atom stereocenters. The summed E-state index contributed by atoms with van der Waals surface area (Å²) in [4.78, 5) is 15.6. The minimum atomic E-state index is -0.517. The topological polar surface area (TPSA) is 94.0 Å². The Kier molecular flexibility index (Phi) is 4.01. The lowest BCUT2D eigenvalue weighted by atomic mass is 10.1. The fraction of sp³-hybridized carbons (Fsp3) is 0.231. The Hall–Kier alpha value is -2.08. The number of carbonyl (C=O) groups excluding carboxylic acids is 1. The zero-order valence-electron chi connectivity index (χ0n) is 10.6. The van der Waals surface area contributed by atoms with Crippen LogP contribution in [0.4, 0.5) is 11.4 Å². The first-order valence-corrected chi connectivity index (χ1v) is 6.79. The van der Waals surface area contributed by atoms with Crippen LogP contribution in [0.3, 0.4) is 0 Å². The van der Waals surface area contributed by atoms with Gasteiger partial charge in [-0.2, -0.15) is 0 Å². The number of para-hydroxylation sites is 1. The minimum Gasteiger partial charge on any atom is -0.396 e. The quantitative estimate of drug-likeness (QED) is 0.726. The largest absolute Gasteiger partial charge is 0.396 e. The zero-order valence-corrected chi connectivity index (χ0v) is 11.5. The molecule has 0 aliphatic heterocycles. The van der Waals surface area contributed by atoms with E-state index in [1.807, 2.05) is 18.4 Å². The lowest BCUT2D eigenvalue weighted by Gasteiger charge is -2.10. The summed E-state index contributed by atoms with van der Waals surface area (Å²) in [6, 6.07) is 5.20. The van der Waals surface area contributed by atoms with Gasteiger partial charge in [-0.3, -0.25) is 4.79 Å². The molecule has 100 valence electrons. The van der Waals surface area contributed by atoms with Crippen LogP contribution < -0.4 is 16.8 Å². The maximum atomic E-state index is 11.2. The summed E-state index contributed by atoms with van der Waals surface area (Å²) in [7, 11) is 0. The van der Waals surface area contributed by atoms with Crippen molar-refractivity contribution in [3.8, 4) is 0 Å². The Labute approximate surface area is 115 Å². The van der Waals surface area contributed by atoms with Crippen molar-refractivity contribution in [1.82, 2.24) is 4.98 Å². The summed E-state index contributed by atoms with van der Waals surface area (Å²) in [5.74, 6) is -0.517. The molecule has 0 bridgehead atoms. The maximum Gasteiger partial charge on any atom is 0.250 e. The van der Waals surface area contributed by atoms with Gasteiger partial charge in [-0.05, 0) is 19.1 Å². The van der Waals surface area contributed by atoms with Gasteiger partial charge >= 0.3 is 0 Å². The summed E-state index contributed by atoms with van der Waals surface area (Å²) < 4.78 is 0. The second-order valence-electron chi connectivity index (χ2n) is 4.17. The molecule has 1 heterocycles. The number of aromatic nitrogens is 1. The molecule has 2 rings (SSSR count). The molecule has 1 aromatic heterocycles. The zero-order chi connectivity index (χ0) is 13.8. The van der Waals surface area contributed by atoms with Gasteiger partial charge in [0.05, 0.1) is 27.6 Å². The number of thiazole rings is 1. The molecule has 0 aliphatic rings. The molecule has 5 nitrogen and oxygen atoms in total. The van der Waals surface area contributed by atoms with Crippen LogP contribution in [0.2, 0.25) is 0 Å². The number of hydrogen-bond donors (Lipinski definition) is 3. The van der Waals surface area contributed by atoms with Crippen molar-refractivity contribution in [2.24, 2.45) is 5.73 Å². The fourth-order valence-electron chi connectivity index (χ4n) is 1.78. The van der Waals surface area contributed by atoms with Crippen LogP contribution in [0, 0.1) is 6.92 Å². The highest BCUT2D eigenvalue weighted by Gasteiger charge is 2.09. The normalized spacial score (nSPS) is 10.4. The molecule has 0 atom stereocenters. The van der Waals surface area contributed by atoms with E-state index in [-0.39, 0.29) is 0 Å². The Morgan fingerprint density at radius 3 is 2.89 bits per heavy atom. The number of aryl methyl sites for hydroxylation is 1. The van der Waals surface area contributed by atoms with Crippen LogP contribution >= 0.6 is 11.3 Å². The third-order valence-corrected chi connectivity index (χ3v) is 3.56. The summed E-state index contributed by atoms with van der Waals surface area (Å²) in [6.45, 7) is 2.69. The molecule has 2 aromatic rings. The molecule has 0 saturated carbocycles. The second kappa shape index (κ2) is 5.71. The molecular weight excluding hydrogens is 260 g/mol. The van der Waals surface area contributed by atoms with Crippen LogP contribution in [0.15, 0.2) is 23.6 Å². The van der Waals surface area contributed by atoms with E-state index in [0.29, 0.717) is 17.8 Å². The van der Waals surface area contributed by atoms with E-state index in [4.69, 9.17) is 11.5 Å². The highest BCUT2D eigenvalue weighted by Crippen LogP contribution is 2.22. The Morgan fingerprint density at radius 2 is 2.26 bits per heavy atom. The summed E-state index contributed by atoms with van der Waals surface area (Å²) >= 11 is 1.64. The van der Waals surface area contributed by atoms with Crippen molar-refractivity contribution in [3.05, 3.63) is 39.8 Å². The number of nitrogens with one attached hydrogen (secondary N) is 1. The fourth-order valence-corrected chi connectivity index (χ4v) is 2.43. The minimum absolute atomic E-state index is 0.342. The Bertz CT molecular complexity index is 594. The number of nitrogen functional groups attached to an aromatic ring is 1. The average molecular weight is 276 g/mol. The molecule has 6 heteroatoms. The van der Waals surface area contributed by atoms with Crippen molar-refractivity contribution in [1.29, 1.82) is 0 Å². The third-order valence-electron chi connectivity index (χ3n) is 2.73. The predicted octanol–water partition coefficient (Wildman–Crippen LogP) is 1.79. The van der Waals surface area contributed by atoms with Gasteiger partial charge in [0.25, 0.3) is 5.91 Å². The van der Waals surface area contributed by atoms with Crippen LogP contribution in [0.1, 0.15) is 21.1 Å². The number of hydrogen-bond acceptors (Lipinski definition) is 5. The number of rotatable bonds is 5. The number of primary amides is 1. The number of amides is 1. The molecule has 0 aliphatic carbocycles. The SMILES string of the molecule is Cc1nc(CCNc2cccc(C(N)=O)c2N)cs1. The van der Waals surface area contributed by atoms with Crippen molar-refractivity contribution in [3.63, 3.8) is 0 Å². The van der Waals surface area contributed by atoms with Crippen molar-refractivity contribution in [2.75, 3.05) is 17.6 Å². The number of nitrogens with zero attached hydrogens (tertiary/aromatic N) is 1. The molecule has 19 heavy (non-hydrogen) atoms. The van der Waals surface area contributed by atoms with E-state index in [0.717, 1.165) is 22.8 Å². The first kappa shape index (κ1) is 13.4. The number of benzene rings is 1. The monoisotopic (exact) mass is 276 g/mol. The third kappa shape index (κ3) is 3.23. The first-order valence-electron chi connectivity index (χ1n) is 5.91. The molecule has 0 saturated heterocycles. The van der Waals surface area contributed by atoms with Crippen LogP contribution in [0.5, 0.6) is 0 Å². The molecular formula is C13H16N4OS. The van der Waals surface area contributed by atoms with Gasteiger partial charge < -0.3 is 16.8 Å². The molecule has 1 amide bonds. The van der Waals surface area contributed by atoms with Crippen LogP contribution in [-0.4, -0.2) is 17.4 Å². The van der Waals surface area contributed by atoms with E-state index >= 15 is 0 Å². The summed E-state index contributed by atoms with van der Waals surface area (Å²) in [5, 5.41) is 6.30. The Morgan fingerprint density at radius 1 is 1.47 bits per heavy atom. The maximum absolute atomic E-state index is 11.2. The van der Waals surface area contributed by atoms with Crippen molar-refractivity contribution in [2.45, 2.75) is 13.3 Å². The standard InChI is InChI=1S/C13H16N4OS/c1-8-17-9(7-19-8)5-6-16-11-4-2-3-10(12(11)14)13(15)18/h2-4,7,16H,5-6,14H2,1H3,(H2,15,18). The van der Waals surface area contributed by atoms with Gasteiger partial charge in [0.15, 0.2) is 0 Å². The van der Waals surface area contributed by atoms with Gasteiger partial charge in [-0.1, -0.05) is 6.07 Å². The van der Waals surface area contributed by atoms with Gasteiger partial charge in [0.1, 0.15) is 0 Å². The number of anilines is 2. The smallest absolute Gasteiger partial charge is 0.250 e. The van der Waals surface area contributed by atoms with E-state index in [1.54, 1.807) is 23.5 Å². The van der Waals surface area contributed by atoms with Crippen LogP contribution in [0.25, 0.3) is 0 Å². The molecule has 5 N–H and O–H groups in total. The van der Waals surface area contributed by atoms with Crippen molar-refractivity contribution < 1.29 is 4.79 Å². The number of carbonyl (C=O) groups is 1. The average Bonchev–Trinajstić information content (AvgIpc) is 2.77. The van der Waals surface area contributed by atoms with Gasteiger partial charge in [0, 0.05) is 18.3 Å². The van der Waals surface area contributed by atoms with Gasteiger partial charge in [-0.25, -0.2) is 4.98 Å². The summed E-state index contributed by atoms with van der Waals surface area (Å²) in [5.41, 5.74) is 13.7. The van der Waals surface area contributed by atoms with E-state index in [9.17, 15) is 4.79 Å². The van der Waals surface area contributed by atoms with E-state index in [1.165, 1.54) is 0 Å². The van der Waals surface area contributed by atoms with Gasteiger partial charge in [0.2, 0.25) is 0 Å².